The molecular formula is C12H25N3O2. The summed E-state index contributed by atoms with van der Waals surface area (Å²) in [6.07, 6.45) is 5.54. The average molecular weight is 243 g/mol. The van der Waals surface area contributed by atoms with Gasteiger partial charge in [0.15, 0.2) is 0 Å². The maximum absolute atomic E-state index is 11.5. The van der Waals surface area contributed by atoms with Gasteiger partial charge >= 0.3 is 0 Å². The molecule has 0 spiro atoms. The number of carbonyl (C=O) groups is 2. The molecule has 5 nitrogen and oxygen atoms in total. The normalized spacial score (nSPS) is 14.1. The fourth-order valence-corrected chi connectivity index (χ4v) is 1.61. The lowest BCUT2D eigenvalue weighted by Gasteiger charge is -2.16. The fraction of sp³-hybridized carbons (Fsp3) is 0.833. The Morgan fingerprint density at radius 2 is 1.88 bits per heavy atom. The van der Waals surface area contributed by atoms with Crippen LogP contribution in [0.1, 0.15) is 52.4 Å². The molecular weight excluding hydrogens is 218 g/mol. The fourth-order valence-electron chi connectivity index (χ4n) is 1.61. The summed E-state index contributed by atoms with van der Waals surface area (Å²) >= 11 is 0. The zero-order valence-corrected chi connectivity index (χ0v) is 10.9. The first-order valence-electron chi connectivity index (χ1n) is 6.31. The van der Waals surface area contributed by atoms with Crippen molar-refractivity contribution in [3.8, 4) is 0 Å². The second-order valence-electron chi connectivity index (χ2n) is 4.54. The molecule has 2 amide bonds. The van der Waals surface area contributed by atoms with Crippen molar-refractivity contribution in [1.29, 1.82) is 0 Å². The maximum atomic E-state index is 11.5. The highest BCUT2D eigenvalue weighted by atomic mass is 16.2. The number of carbonyl (C=O) groups excluding carboxylic acids is 2. The molecule has 0 aromatic heterocycles. The Labute approximate surface area is 103 Å². The lowest BCUT2D eigenvalue weighted by Crippen LogP contribution is -2.46. The van der Waals surface area contributed by atoms with Gasteiger partial charge in [0.1, 0.15) is 0 Å². The van der Waals surface area contributed by atoms with Crippen LogP contribution in [0.2, 0.25) is 0 Å². The molecule has 0 aliphatic carbocycles. The molecule has 5 heteroatoms. The van der Waals surface area contributed by atoms with Crippen molar-refractivity contribution in [2.75, 3.05) is 0 Å². The Hall–Kier alpha value is -1.10. The third-order valence-electron chi connectivity index (χ3n) is 2.64. The summed E-state index contributed by atoms with van der Waals surface area (Å²) in [6, 6.07) is -0.733. The van der Waals surface area contributed by atoms with E-state index in [0.29, 0.717) is 0 Å². The van der Waals surface area contributed by atoms with E-state index >= 15 is 0 Å². The highest BCUT2D eigenvalue weighted by Gasteiger charge is 2.17. The van der Waals surface area contributed by atoms with Crippen LogP contribution in [0, 0.1) is 0 Å². The Balaban J connectivity index is 3.75. The molecule has 0 fully saturated rings. The average Bonchev–Trinajstić information content (AvgIpc) is 2.23. The molecule has 0 aliphatic rings. The second kappa shape index (κ2) is 8.98. The predicted octanol–water partition coefficient (Wildman–Crippen LogP) is 0.664. The number of rotatable bonds is 9. The smallest absolute Gasteiger partial charge is 0.237 e. The maximum Gasteiger partial charge on any atom is 0.237 e. The van der Waals surface area contributed by atoms with Crippen LogP contribution < -0.4 is 16.8 Å². The molecule has 0 bridgehead atoms. The van der Waals surface area contributed by atoms with E-state index in [-0.39, 0.29) is 18.4 Å². The van der Waals surface area contributed by atoms with Crippen molar-refractivity contribution in [2.24, 2.45) is 11.5 Å². The van der Waals surface area contributed by atoms with Crippen LogP contribution in [0.25, 0.3) is 0 Å². The van der Waals surface area contributed by atoms with Gasteiger partial charge in [0.2, 0.25) is 11.8 Å². The summed E-state index contributed by atoms with van der Waals surface area (Å²) < 4.78 is 0. The number of primary amides is 1. The first-order chi connectivity index (χ1) is 7.97. The molecule has 0 aliphatic heterocycles. The number of unbranched alkanes of at least 4 members (excludes halogenated alkanes) is 3. The van der Waals surface area contributed by atoms with E-state index in [0.717, 1.165) is 12.8 Å². The van der Waals surface area contributed by atoms with Gasteiger partial charge in [-0.05, 0) is 13.3 Å². The highest BCUT2D eigenvalue weighted by molar-refractivity contribution is 5.87. The first kappa shape index (κ1) is 15.9. The predicted molar refractivity (Wildman–Crippen MR) is 68.2 cm³/mol. The minimum atomic E-state index is -0.828. The number of hydrogen-bond acceptors (Lipinski definition) is 3. The van der Waals surface area contributed by atoms with Crippen molar-refractivity contribution in [3.05, 3.63) is 0 Å². The largest absolute Gasteiger partial charge is 0.370 e. The molecule has 5 N–H and O–H groups in total. The minimum absolute atomic E-state index is 0.0956. The van der Waals surface area contributed by atoms with E-state index in [1.165, 1.54) is 19.3 Å². The molecule has 0 aromatic rings. The molecule has 0 rings (SSSR count). The van der Waals surface area contributed by atoms with Gasteiger partial charge < -0.3 is 16.8 Å². The van der Waals surface area contributed by atoms with Crippen molar-refractivity contribution < 1.29 is 9.59 Å². The van der Waals surface area contributed by atoms with Crippen LogP contribution in [-0.2, 0) is 9.59 Å². The number of nitrogens with one attached hydrogen (secondary N) is 1. The number of amides is 2. The topological polar surface area (TPSA) is 98.2 Å². The summed E-state index contributed by atoms with van der Waals surface area (Å²) in [5.74, 6) is -0.852. The molecule has 2 atom stereocenters. The Bertz CT molecular complexity index is 244. The van der Waals surface area contributed by atoms with Gasteiger partial charge in [-0.3, -0.25) is 9.59 Å². The zero-order chi connectivity index (χ0) is 13.3. The van der Waals surface area contributed by atoms with E-state index in [1.807, 2.05) is 6.92 Å². The molecule has 0 saturated carbocycles. The molecule has 2 unspecified atom stereocenters. The van der Waals surface area contributed by atoms with E-state index in [9.17, 15) is 9.59 Å². The summed E-state index contributed by atoms with van der Waals surface area (Å²) in [4.78, 5) is 22.1. The molecule has 0 radical (unpaired) electrons. The zero-order valence-electron chi connectivity index (χ0n) is 10.9. The molecule has 0 saturated heterocycles. The monoisotopic (exact) mass is 243 g/mol. The Morgan fingerprint density at radius 3 is 2.41 bits per heavy atom. The van der Waals surface area contributed by atoms with Crippen LogP contribution >= 0.6 is 0 Å². The van der Waals surface area contributed by atoms with Crippen molar-refractivity contribution >= 4 is 11.8 Å². The van der Waals surface area contributed by atoms with Gasteiger partial charge in [-0.25, -0.2) is 0 Å². The molecule has 100 valence electrons. The third kappa shape index (κ3) is 8.68. The standard InChI is InChI=1S/C12H25N3O2/c1-3-4-5-6-7-9(2)15-12(17)10(13)8-11(14)16/h9-10H,3-8,13H2,1-2H3,(H2,14,16)(H,15,17). The lowest BCUT2D eigenvalue weighted by molar-refractivity contribution is -0.126. The van der Waals surface area contributed by atoms with Gasteiger partial charge in [-0.2, -0.15) is 0 Å². The van der Waals surface area contributed by atoms with Crippen molar-refractivity contribution in [2.45, 2.75) is 64.5 Å². The van der Waals surface area contributed by atoms with E-state index in [1.54, 1.807) is 0 Å². The van der Waals surface area contributed by atoms with Gasteiger partial charge in [-0.15, -0.1) is 0 Å². The minimum Gasteiger partial charge on any atom is -0.370 e. The Kier molecular flexibility index (Phi) is 8.40. The second-order valence-corrected chi connectivity index (χ2v) is 4.54. The van der Waals surface area contributed by atoms with Gasteiger partial charge in [0, 0.05) is 6.04 Å². The molecule has 0 heterocycles. The van der Waals surface area contributed by atoms with Gasteiger partial charge in [0.05, 0.1) is 12.5 Å². The first-order valence-corrected chi connectivity index (χ1v) is 6.31. The summed E-state index contributed by atoms with van der Waals surface area (Å²) in [5, 5.41) is 2.79. The lowest BCUT2D eigenvalue weighted by atomic mass is 10.1. The SMILES string of the molecule is CCCCCCC(C)NC(=O)C(N)CC(N)=O. The van der Waals surface area contributed by atoms with E-state index < -0.39 is 11.9 Å². The van der Waals surface area contributed by atoms with Crippen LogP contribution in [0.4, 0.5) is 0 Å². The number of nitrogens with two attached hydrogens (primary N) is 2. The molecule has 0 aromatic carbocycles. The Morgan fingerprint density at radius 1 is 1.24 bits per heavy atom. The quantitative estimate of drug-likeness (QED) is 0.519. The highest BCUT2D eigenvalue weighted by Crippen LogP contribution is 2.05. The van der Waals surface area contributed by atoms with Crippen LogP contribution in [-0.4, -0.2) is 23.9 Å². The third-order valence-corrected chi connectivity index (χ3v) is 2.64. The van der Waals surface area contributed by atoms with Gasteiger partial charge in [0.25, 0.3) is 0 Å². The summed E-state index contributed by atoms with van der Waals surface area (Å²) in [6.45, 7) is 4.11. The van der Waals surface area contributed by atoms with E-state index in [2.05, 4.69) is 12.2 Å². The molecule has 17 heavy (non-hydrogen) atoms. The van der Waals surface area contributed by atoms with E-state index in [4.69, 9.17) is 11.5 Å². The van der Waals surface area contributed by atoms with Crippen molar-refractivity contribution in [1.82, 2.24) is 5.32 Å². The summed E-state index contributed by atoms with van der Waals surface area (Å²) in [7, 11) is 0. The summed E-state index contributed by atoms with van der Waals surface area (Å²) in [5.41, 5.74) is 10.5. The van der Waals surface area contributed by atoms with Gasteiger partial charge in [-0.1, -0.05) is 32.6 Å². The van der Waals surface area contributed by atoms with Crippen LogP contribution in [0.5, 0.6) is 0 Å². The van der Waals surface area contributed by atoms with Crippen molar-refractivity contribution in [3.63, 3.8) is 0 Å². The number of hydrogen-bond donors (Lipinski definition) is 3. The van der Waals surface area contributed by atoms with Crippen LogP contribution in [0.15, 0.2) is 0 Å². The van der Waals surface area contributed by atoms with Crippen LogP contribution in [0.3, 0.4) is 0 Å².